The lowest BCUT2D eigenvalue weighted by Gasteiger charge is -2.25. The SMILES string of the molecule is C=C1C=CC(c2ccc(F)cc2)=CN1c1cccc(F)c1. The minimum Gasteiger partial charge on any atom is -0.317 e. The third kappa shape index (κ3) is 2.77. The van der Waals surface area contributed by atoms with E-state index in [-0.39, 0.29) is 11.6 Å². The monoisotopic (exact) mass is 281 g/mol. The van der Waals surface area contributed by atoms with Crippen LogP contribution in [0.4, 0.5) is 14.5 Å². The molecule has 1 heterocycles. The molecule has 0 aromatic heterocycles. The molecule has 21 heavy (non-hydrogen) atoms. The number of hydrogen-bond donors (Lipinski definition) is 0. The van der Waals surface area contributed by atoms with E-state index in [1.807, 2.05) is 29.3 Å². The first-order chi connectivity index (χ1) is 10.1. The molecule has 0 atom stereocenters. The Bertz CT molecular complexity index is 742. The van der Waals surface area contributed by atoms with E-state index in [0.717, 1.165) is 16.8 Å². The van der Waals surface area contributed by atoms with Gasteiger partial charge in [-0.3, -0.25) is 0 Å². The molecule has 0 amide bonds. The second-order valence-electron chi connectivity index (χ2n) is 4.77. The Morgan fingerprint density at radius 3 is 2.33 bits per heavy atom. The fourth-order valence-corrected chi connectivity index (χ4v) is 2.21. The molecule has 1 nitrogen and oxygen atoms in total. The zero-order chi connectivity index (χ0) is 14.8. The normalized spacial score (nSPS) is 14.3. The van der Waals surface area contributed by atoms with Gasteiger partial charge < -0.3 is 4.90 Å². The highest BCUT2D eigenvalue weighted by Gasteiger charge is 2.13. The predicted molar refractivity (Wildman–Crippen MR) is 81.5 cm³/mol. The van der Waals surface area contributed by atoms with Crippen molar-refractivity contribution in [2.75, 3.05) is 4.90 Å². The average Bonchev–Trinajstić information content (AvgIpc) is 2.49. The van der Waals surface area contributed by atoms with E-state index in [1.54, 1.807) is 18.2 Å². The molecule has 3 rings (SSSR count). The van der Waals surface area contributed by atoms with Crippen molar-refractivity contribution in [2.24, 2.45) is 0 Å². The first-order valence-corrected chi connectivity index (χ1v) is 6.53. The van der Waals surface area contributed by atoms with Crippen LogP contribution in [0.25, 0.3) is 5.57 Å². The van der Waals surface area contributed by atoms with Crippen LogP contribution in [0.2, 0.25) is 0 Å². The number of nitrogens with zero attached hydrogens (tertiary/aromatic N) is 1. The molecule has 0 bridgehead atoms. The van der Waals surface area contributed by atoms with Gasteiger partial charge in [0.15, 0.2) is 0 Å². The molecule has 0 fully saturated rings. The molecule has 0 saturated carbocycles. The number of rotatable bonds is 2. The zero-order valence-corrected chi connectivity index (χ0v) is 11.3. The minimum absolute atomic E-state index is 0.273. The van der Waals surface area contributed by atoms with Gasteiger partial charge >= 0.3 is 0 Å². The molecular weight excluding hydrogens is 268 g/mol. The van der Waals surface area contributed by atoms with Crippen LogP contribution in [-0.4, -0.2) is 0 Å². The van der Waals surface area contributed by atoms with Gasteiger partial charge in [0, 0.05) is 17.6 Å². The summed E-state index contributed by atoms with van der Waals surface area (Å²) in [5.41, 5.74) is 3.24. The van der Waals surface area contributed by atoms with Crippen molar-refractivity contribution in [1.29, 1.82) is 0 Å². The Hall–Kier alpha value is -2.68. The van der Waals surface area contributed by atoms with Gasteiger partial charge in [0.1, 0.15) is 11.6 Å². The summed E-state index contributed by atoms with van der Waals surface area (Å²) in [5.74, 6) is -0.572. The molecule has 0 unspecified atom stereocenters. The van der Waals surface area contributed by atoms with E-state index in [9.17, 15) is 8.78 Å². The van der Waals surface area contributed by atoms with E-state index in [4.69, 9.17) is 0 Å². The molecule has 1 aliphatic heterocycles. The van der Waals surface area contributed by atoms with Gasteiger partial charge in [-0.1, -0.05) is 30.9 Å². The fourth-order valence-electron chi connectivity index (χ4n) is 2.21. The third-order valence-electron chi connectivity index (χ3n) is 3.30. The van der Waals surface area contributed by atoms with E-state index < -0.39 is 0 Å². The molecule has 2 aromatic carbocycles. The molecule has 2 aromatic rings. The van der Waals surface area contributed by atoms with E-state index in [0.29, 0.717) is 5.69 Å². The van der Waals surface area contributed by atoms with Crippen molar-refractivity contribution in [3.8, 4) is 0 Å². The second-order valence-corrected chi connectivity index (χ2v) is 4.77. The van der Waals surface area contributed by atoms with E-state index in [1.165, 1.54) is 24.3 Å². The number of anilines is 1. The summed E-state index contributed by atoms with van der Waals surface area (Å²) in [6.07, 6.45) is 5.62. The number of allylic oxidation sites excluding steroid dienone is 3. The number of hydrogen-bond acceptors (Lipinski definition) is 1. The van der Waals surface area contributed by atoms with Crippen LogP contribution in [0.5, 0.6) is 0 Å². The van der Waals surface area contributed by atoms with Crippen molar-refractivity contribution in [2.45, 2.75) is 0 Å². The Morgan fingerprint density at radius 1 is 0.857 bits per heavy atom. The Balaban J connectivity index is 1.99. The molecule has 0 N–H and O–H groups in total. The maximum atomic E-state index is 13.4. The summed E-state index contributed by atoms with van der Waals surface area (Å²) in [7, 11) is 0. The van der Waals surface area contributed by atoms with Gasteiger partial charge in [-0.05, 0) is 47.5 Å². The molecule has 1 aliphatic rings. The summed E-state index contributed by atoms with van der Waals surface area (Å²) >= 11 is 0. The smallest absolute Gasteiger partial charge is 0.125 e. The number of halogens is 2. The average molecular weight is 281 g/mol. The van der Waals surface area contributed by atoms with Crippen molar-refractivity contribution >= 4 is 11.3 Å². The summed E-state index contributed by atoms with van der Waals surface area (Å²) in [4.78, 5) is 1.81. The highest BCUT2D eigenvalue weighted by Crippen LogP contribution is 2.29. The van der Waals surface area contributed by atoms with Crippen LogP contribution in [0.15, 0.2) is 79.2 Å². The topological polar surface area (TPSA) is 3.24 Å². The van der Waals surface area contributed by atoms with Crippen molar-refractivity contribution in [1.82, 2.24) is 0 Å². The molecule has 0 saturated heterocycles. The van der Waals surface area contributed by atoms with E-state index >= 15 is 0 Å². The molecule has 3 heteroatoms. The maximum Gasteiger partial charge on any atom is 0.125 e. The Morgan fingerprint density at radius 2 is 1.62 bits per heavy atom. The van der Waals surface area contributed by atoms with Gasteiger partial charge in [-0.15, -0.1) is 0 Å². The fraction of sp³-hybridized carbons (Fsp3) is 0. The third-order valence-corrected chi connectivity index (χ3v) is 3.30. The van der Waals surface area contributed by atoms with Crippen LogP contribution < -0.4 is 4.90 Å². The summed E-state index contributed by atoms with van der Waals surface area (Å²) in [6, 6.07) is 12.6. The first kappa shape index (κ1) is 13.3. The summed E-state index contributed by atoms with van der Waals surface area (Å²) < 4.78 is 26.4. The van der Waals surface area contributed by atoms with Gasteiger partial charge in [0.05, 0.1) is 0 Å². The van der Waals surface area contributed by atoms with Gasteiger partial charge in [-0.2, -0.15) is 0 Å². The standard InChI is InChI=1S/C18H13F2N/c1-13-5-6-15(14-7-9-16(19)10-8-14)12-21(13)18-4-2-3-17(20)11-18/h2-12H,1H2. The lowest BCUT2D eigenvalue weighted by molar-refractivity contribution is 0.627. The molecular formula is C18H13F2N. The Kier molecular flexibility index (Phi) is 3.40. The van der Waals surface area contributed by atoms with Crippen LogP contribution in [0.1, 0.15) is 5.56 Å². The lowest BCUT2D eigenvalue weighted by Crippen LogP contribution is -2.16. The van der Waals surface area contributed by atoms with Crippen LogP contribution in [-0.2, 0) is 0 Å². The minimum atomic E-state index is -0.299. The molecule has 0 aliphatic carbocycles. The van der Waals surface area contributed by atoms with Gasteiger partial charge in [-0.25, -0.2) is 8.78 Å². The molecule has 0 radical (unpaired) electrons. The summed E-state index contributed by atoms with van der Waals surface area (Å²) in [5, 5.41) is 0. The summed E-state index contributed by atoms with van der Waals surface area (Å²) in [6.45, 7) is 3.96. The highest BCUT2D eigenvalue weighted by atomic mass is 19.1. The van der Waals surface area contributed by atoms with Gasteiger partial charge in [0.25, 0.3) is 0 Å². The lowest BCUT2D eigenvalue weighted by atomic mass is 10.0. The quantitative estimate of drug-likeness (QED) is 0.757. The molecule has 0 spiro atoms. The Labute approximate surface area is 122 Å². The second kappa shape index (κ2) is 5.37. The number of benzene rings is 2. The van der Waals surface area contributed by atoms with Crippen molar-refractivity contribution in [3.63, 3.8) is 0 Å². The zero-order valence-electron chi connectivity index (χ0n) is 11.3. The van der Waals surface area contributed by atoms with E-state index in [2.05, 4.69) is 6.58 Å². The largest absolute Gasteiger partial charge is 0.317 e. The van der Waals surface area contributed by atoms with Crippen molar-refractivity contribution < 1.29 is 8.78 Å². The van der Waals surface area contributed by atoms with Crippen LogP contribution >= 0.6 is 0 Å². The maximum absolute atomic E-state index is 13.4. The van der Waals surface area contributed by atoms with Crippen LogP contribution in [0, 0.1) is 11.6 Å². The molecule has 104 valence electrons. The first-order valence-electron chi connectivity index (χ1n) is 6.53. The van der Waals surface area contributed by atoms with Gasteiger partial charge in [0.2, 0.25) is 0 Å². The predicted octanol–water partition coefficient (Wildman–Crippen LogP) is 4.90. The van der Waals surface area contributed by atoms with Crippen LogP contribution in [0.3, 0.4) is 0 Å². The highest BCUT2D eigenvalue weighted by molar-refractivity contribution is 5.80. The van der Waals surface area contributed by atoms with Crippen molar-refractivity contribution in [3.05, 3.63) is 96.4 Å².